The van der Waals surface area contributed by atoms with E-state index in [1.165, 1.54) is 0 Å². The van der Waals surface area contributed by atoms with Crippen LogP contribution in [-0.2, 0) is 19.1 Å². The Kier molecular flexibility index (Phi) is 6.07. The first kappa shape index (κ1) is 16.3. The standard InChI is InChI=1S/C17H28O4/c1-3-15(17(19)21-14-10-6-7-11-14)12(2)16(18)20-13-8-4-5-9-13/h12-15H,3-11H2,1-2H3. The molecule has 2 fully saturated rings. The van der Waals surface area contributed by atoms with Gasteiger partial charge in [0.25, 0.3) is 0 Å². The van der Waals surface area contributed by atoms with Crippen LogP contribution in [0, 0.1) is 11.8 Å². The Morgan fingerprint density at radius 3 is 1.76 bits per heavy atom. The highest BCUT2D eigenvalue weighted by atomic mass is 16.6. The Morgan fingerprint density at radius 2 is 1.33 bits per heavy atom. The lowest BCUT2D eigenvalue weighted by molar-refractivity contribution is -0.165. The molecule has 2 unspecified atom stereocenters. The molecule has 21 heavy (non-hydrogen) atoms. The summed E-state index contributed by atoms with van der Waals surface area (Å²) in [6.45, 7) is 3.72. The van der Waals surface area contributed by atoms with Crippen molar-refractivity contribution in [2.45, 2.75) is 83.8 Å². The smallest absolute Gasteiger partial charge is 0.310 e. The summed E-state index contributed by atoms with van der Waals surface area (Å²) in [6, 6.07) is 0. The Morgan fingerprint density at radius 1 is 0.905 bits per heavy atom. The van der Waals surface area contributed by atoms with Gasteiger partial charge in [-0.2, -0.15) is 0 Å². The zero-order valence-corrected chi connectivity index (χ0v) is 13.3. The fourth-order valence-corrected chi connectivity index (χ4v) is 3.42. The van der Waals surface area contributed by atoms with Crippen molar-refractivity contribution in [3.63, 3.8) is 0 Å². The molecule has 0 aromatic heterocycles. The van der Waals surface area contributed by atoms with Crippen LogP contribution in [0.25, 0.3) is 0 Å². The van der Waals surface area contributed by atoms with E-state index in [0.717, 1.165) is 51.4 Å². The molecule has 0 aliphatic heterocycles. The summed E-state index contributed by atoms with van der Waals surface area (Å²) in [7, 11) is 0. The first-order valence-electron chi connectivity index (χ1n) is 8.52. The first-order valence-corrected chi connectivity index (χ1v) is 8.52. The van der Waals surface area contributed by atoms with Crippen LogP contribution in [0.15, 0.2) is 0 Å². The summed E-state index contributed by atoms with van der Waals surface area (Å²) in [4.78, 5) is 24.5. The second-order valence-corrected chi connectivity index (χ2v) is 6.49. The van der Waals surface area contributed by atoms with Gasteiger partial charge in [0.15, 0.2) is 0 Å². The molecular formula is C17H28O4. The molecule has 0 heterocycles. The van der Waals surface area contributed by atoms with Crippen LogP contribution < -0.4 is 0 Å². The van der Waals surface area contributed by atoms with Crippen molar-refractivity contribution in [2.75, 3.05) is 0 Å². The van der Waals surface area contributed by atoms with Gasteiger partial charge in [0.1, 0.15) is 12.2 Å². The van der Waals surface area contributed by atoms with Crippen LogP contribution >= 0.6 is 0 Å². The van der Waals surface area contributed by atoms with Gasteiger partial charge in [-0.15, -0.1) is 0 Å². The lowest BCUT2D eigenvalue weighted by Gasteiger charge is -2.23. The van der Waals surface area contributed by atoms with E-state index in [9.17, 15) is 9.59 Å². The van der Waals surface area contributed by atoms with Gasteiger partial charge in [-0.3, -0.25) is 9.59 Å². The monoisotopic (exact) mass is 296 g/mol. The van der Waals surface area contributed by atoms with Crippen LogP contribution in [0.5, 0.6) is 0 Å². The van der Waals surface area contributed by atoms with Gasteiger partial charge in [-0.05, 0) is 57.8 Å². The molecule has 4 heteroatoms. The van der Waals surface area contributed by atoms with Crippen molar-refractivity contribution in [3.8, 4) is 0 Å². The maximum Gasteiger partial charge on any atom is 0.310 e. The minimum absolute atomic E-state index is 0.0586. The number of hydrogen-bond donors (Lipinski definition) is 0. The van der Waals surface area contributed by atoms with Gasteiger partial charge in [0, 0.05) is 0 Å². The molecule has 0 aromatic rings. The maximum atomic E-state index is 12.3. The number of carbonyl (C=O) groups is 2. The Balaban J connectivity index is 1.85. The molecule has 0 amide bonds. The van der Waals surface area contributed by atoms with E-state index < -0.39 is 5.92 Å². The molecule has 2 aliphatic rings. The van der Waals surface area contributed by atoms with Crippen LogP contribution in [-0.4, -0.2) is 24.1 Å². The Labute approximate surface area is 127 Å². The predicted molar refractivity (Wildman–Crippen MR) is 79.6 cm³/mol. The average Bonchev–Trinajstić information content (AvgIpc) is 3.12. The molecule has 2 saturated carbocycles. The summed E-state index contributed by atoms with van der Waals surface area (Å²) in [5, 5.41) is 0. The van der Waals surface area contributed by atoms with Crippen LogP contribution in [0.1, 0.15) is 71.6 Å². The second-order valence-electron chi connectivity index (χ2n) is 6.49. The van der Waals surface area contributed by atoms with Gasteiger partial charge in [-0.25, -0.2) is 0 Å². The van der Waals surface area contributed by atoms with Gasteiger partial charge < -0.3 is 9.47 Å². The molecule has 0 radical (unpaired) electrons. The molecule has 2 atom stereocenters. The zero-order chi connectivity index (χ0) is 15.2. The van der Waals surface area contributed by atoms with E-state index in [4.69, 9.17) is 9.47 Å². The van der Waals surface area contributed by atoms with Gasteiger partial charge in [-0.1, -0.05) is 13.8 Å². The normalized spacial score (nSPS) is 23.0. The van der Waals surface area contributed by atoms with Crippen LogP contribution in [0.2, 0.25) is 0 Å². The van der Waals surface area contributed by atoms with Crippen molar-refractivity contribution in [1.29, 1.82) is 0 Å². The van der Waals surface area contributed by atoms with Crippen molar-refractivity contribution in [3.05, 3.63) is 0 Å². The molecule has 0 N–H and O–H groups in total. The number of ether oxygens (including phenoxy) is 2. The summed E-state index contributed by atoms with van der Waals surface area (Å²) in [5.41, 5.74) is 0. The highest BCUT2D eigenvalue weighted by Crippen LogP contribution is 2.27. The van der Waals surface area contributed by atoms with Crippen LogP contribution in [0.4, 0.5) is 0 Å². The fraction of sp³-hybridized carbons (Fsp3) is 0.882. The SMILES string of the molecule is CCC(C(=O)OC1CCCC1)C(C)C(=O)OC1CCCC1. The molecule has 2 rings (SSSR count). The minimum atomic E-state index is -0.412. The largest absolute Gasteiger partial charge is 0.462 e. The van der Waals surface area contributed by atoms with Gasteiger partial charge in [0.05, 0.1) is 11.8 Å². The lowest BCUT2D eigenvalue weighted by Crippen LogP contribution is -2.33. The third-order valence-electron chi connectivity index (χ3n) is 4.89. The average molecular weight is 296 g/mol. The zero-order valence-electron chi connectivity index (χ0n) is 13.3. The summed E-state index contributed by atoms with van der Waals surface area (Å²) >= 11 is 0. The maximum absolute atomic E-state index is 12.3. The number of rotatable bonds is 6. The Hall–Kier alpha value is -1.06. The molecule has 2 aliphatic carbocycles. The van der Waals surface area contributed by atoms with Gasteiger partial charge >= 0.3 is 11.9 Å². The van der Waals surface area contributed by atoms with Gasteiger partial charge in [0.2, 0.25) is 0 Å². The predicted octanol–water partition coefficient (Wildman–Crippen LogP) is 3.62. The third kappa shape index (κ3) is 4.45. The summed E-state index contributed by atoms with van der Waals surface area (Å²) in [5.74, 6) is -1.25. The van der Waals surface area contributed by atoms with Crippen LogP contribution in [0.3, 0.4) is 0 Å². The number of carbonyl (C=O) groups excluding carboxylic acids is 2. The third-order valence-corrected chi connectivity index (χ3v) is 4.89. The number of hydrogen-bond acceptors (Lipinski definition) is 4. The van der Waals surface area contributed by atoms with E-state index in [1.54, 1.807) is 6.92 Å². The minimum Gasteiger partial charge on any atom is -0.462 e. The van der Waals surface area contributed by atoms with Crippen molar-refractivity contribution < 1.29 is 19.1 Å². The van der Waals surface area contributed by atoms with E-state index in [1.807, 2.05) is 6.92 Å². The molecule has 0 aromatic carbocycles. The van der Waals surface area contributed by atoms with E-state index in [-0.39, 0.29) is 30.1 Å². The molecule has 0 bridgehead atoms. The molecular weight excluding hydrogens is 268 g/mol. The highest BCUT2D eigenvalue weighted by molar-refractivity contribution is 5.82. The summed E-state index contributed by atoms with van der Waals surface area (Å²) < 4.78 is 11.1. The van der Waals surface area contributed by atoms with E-state index in [0.29, 0.717) is 6.42 Å². The van der Waals surface area contributed by atoms with E-state index in [2.05, 4.69) is 0 Å². The molecule has 120 valence electrons. The molecule has 0 saturated heterocycles. The highest BCUT2D eigenvalue weighted by Gasteiger charge is 2.34. The first-order chi connectivity index (χ1) is 10.1. The molecule has 4 nitrogen and oxygen atoms in total. The van der Waals surface area contributed by atoms with E-state index >= 15 is 0 Å². The van der Waals surface area contributed by atoms with Crippen molar-refractivity contribution in [1.82, 2.24) is 0 Å². The lowest BCUT2D eigenvalue weighted by atomic mass is 9.91. The Bertz CT molecular complexity index is 354. The molecule has 0 spiro atoms. The topological polar surface area (TPSA) is 52.6 Å². The van der Waals surface area contributed by atoms with Crippen molar-refractivity contribution in [2.24, 2.45) is 11.8 Å². The number of esters is 2. The quantitative estimate of drug-likeness (QED) is 0.702. The fourth-order valence-electron chi connectivity index (χ4n) is 3.42. The van der Waals surface area contributed by atoms with Crippen molar-refractivity contribution >= 4 is 11.9 Å². The second kappa shape index (κ2) is 7.81. The summed E-state index contributed by atoms with van der Waals surface area (Å²) in [6.07, 6.45) is 9.11.